The smallest absolute Gasteiger partial charge is 0.173 e. The molecule has 0 amide bonds. The number of imidazole rings is 1. The van der Waals surface area contributed by atoms with Crippen LogP contribution in [0.4, 0.5) is 0 Å². The molecule has 0 unspecified atom stereocenters. The molecule has 3 rings (SSSR count). The molecule has 2 aromatic heterocycles. The molecule has 20 heavy (non-hydrogen) atoms. The van der Waals surface area contributed by atoms with Crippen LogP contribution in [0.25, 0.3) is 16.9 Å². The summed E-state index contributed by atoms with van der Waals surface area (Å²) in [5.74, 6) is 1.27. The first-order valence-corrected chi connectivity index (χ1v) is 5.92. The molecule has 0 aliphatic carbocycles. The van der Waals surface area contributed by atoms with E-state index in [1.165, 1.54) is 0 Å². The van der Waals surface area contributed by atoms with Gasteiger partial charge in [0.2, 0.25) is 0 Å². The maximum Gasteiger partial charge on any atom is 0.173 e. The van der Waals surface area contributed by atoms with E-state index in [0.717, 1.165) is 5.69 Å². The molecule has 1 aromatic carbocycles. The molecule has 0 fully saturated rings. The molecule has 0 saturated heterocycles. The minimum Gasteiger partial charge on any atom is -0.493 e. The van der Waals surface area contributed by atoms with Gasteiger partial charge in [-0.05, 0) is 12.1 Å². The summed E-state index contributed by atoms with van der Waals surface area (Å²) in [7, 11) is 3.18. The van der Waals surface area contributed by atoms with E-state index in [1.807, 2.05) is 18.2 Å². The Morgan fingerprint density at radius 1 is 1.15 bits per heavy atom. The van der Waals surface area contributed by atoms with Gasteiger partial charge >= 0.3 is 0 Å². The molecule has 0 aliphatic rings. The van der Waals surface area contributed by atoms with E-state index in [2.05, 4.69) is 15.0 Å². The molecule has 0 saturated carbocycles. The molecule has 0 bridgehead atoms. The van der Waals surface area contributed by atoms with E-state index in [1.54, 1.807) is 31.4 Å². The van der Waals surface area contributed by atoms with Crippen LogP contribution in [0.15, 0.2) is 30.9 Å². The number of methoxy groups -OCH3 is 2. The Morgan fingerprint density at radius 2 is 1.95 bits per heavy atom. The molecule has 0 aliphatic heterocycles. The molecule has 102 valence electrons. The van der Waals surface area contributed by atoms with Gasteiger partial charge in [-0.2, -0.15) is 0 Å². The van der Waals surface area contributed by atoms with Crippen molar-refractivity contribution in [1.29, 1.82) is 5.41 Å². The van der Waals surface area contributed by atoms with Gasteiger partial charge < -0.3 is 14.5 Å². The number of aromatic nitrogens is 4. The first kappa shape index (κ1) is 12.2. The van der Waals surface area contributed by atoms with Crippen LogP contribution >= 0.6 is 0 Å². The summed E-state index contributed by atoms with van der Waals surface area (Å²) in [6.07, 6.45) is 3.11. The topological polar surface area (TPSA) is 88.8 Å². The van der Waals surface area contributed by atoms with Gasteiger partial charge in [0.15, 0.2) is 22.6 Å². The van der Waals surface area contributed by atoms with Gasteiger partial charge in [-0.15, -0.1) is 0 Å². The average Bonchev–Trinajstić information content (AvgIpc) is 2.97. The predicted molar refractivity (Wildman–Crippen MR) is 72.2 cm³/mol. The largest absolute Gasteiger partial charge is 0.493 e. The highest BCUT2D eigenvalue weighted by atomic mass is 16.5. The highest BCUT2D eigenvalue weighted by Gasteiger charge is 2.09. The normalized spacial score (nSPS) is 10.7. The van der Waals surface area contributed by atoms with Crippen molar-refractivity contribution in [3.05, 3.63) is 36.3 Å². The van der Waals surface area contributed by atoms with Crippen LogP contribution in [0.2, 0.25) is 0 Å². The Bertz CT molecular complexity index is 821. The average molecular weight is 271 g/mol. The number of nitrogens with one attached hydrogen (secondary N) is 2. The Balaban J connectivity index is 2.23. The van der Waals surface area contributed by atoms with E-state index < -0.39 is 0 Å². The first-order valence-electron chi connectivity index (χ1n) is 5.92. The lowest BCUT2D eigenvalue weighted by molar-refractivity contribution is 0.355. The number of rotatable bonds is 3. The second kappa shape index (κ2) is 4.69. The molecule has 0 radical (unpaired) electrons. The molecule has 3 aromatic rings. The zero-order valence-electron chi connectivity index (χ0n) is 11.0. The van der Waals surface area contributed by atoms with Crippen LogP contribution in [0.1, 0.15) is 0 Å². The second-order valence-electron chi connectivity index (χ2n) is 4.10. The summed E-state index contributed by atoms with van der Waals surface area (Å²) in [5.41, 5.74) is 2.21. The van der Waals surface area contributed by atoms with Crippen LogP contribution in [0, 0.1) is 5.41 Å². The number of hydrogen-bond acceptors (Lipinski definition) is 5. The summed E-state index contributed by atoms with van der Waals surface area (Å²) in [6.45, 7) is 0. The number of nitrogens with zero attached hydrogens (tertiary/aromatic N) is 3. The first-order chi connectivity index (χ1) is 9.74. The fourth-order valence-electron chi connectivity index (χ4n) is 2.04. The molecule has 2 heterocycles. The van der Waals surface area contributed by atoms with Crippen molar-refractivity contribution in [2.45, 2.75) is 0 Å². The van der Waals surface area contributed by atoms with Crippen molar-refractivity contribution < 1.29 is 9.47 Å². The third-order valence-corrected chi connectivity index (χ3v) is 3.03. The summed E-state index contributed by atoms with van der Waals surface area (Å²) >= 11 is 0. The SMILES string of the molecule is COc1ccc(-n2cnc(=N)c3[nH]cnc32)cc1OC. The third kappa shape index (κ3) is 1.80. The van der Waals surface area contributed by atoms with Gasteiger partial charge in [0.25, 0.3) is 0 Å². The van der Waals surface area contributed by atoms with E-state index in [9.17, 15) is 0 Å². The predicted octanol–water partition coefficient (Wildman–Crippen LogP) is 1.25. The number of hydrogen-bond donors (Lipinski definition) is 2. The Morgan fingerprint density at radius 3 is 2.70 bits per heavy atom. The Labute approximate surface area is 114 Å². The van der Waals surface area contributed by atoms with Crippen molar-refractivity contribution in [3.8, 4) is 17.2 Å². The van der Waals surface area contributed by atoms with Gasteiger partial charge in [-0.3, -0.25) is 9.98 Å². The van der Waals surface area contributed by atoms with E-state index in [-0.39, 0.29) is 5.49 Å². The van der Waals surface area contributed by atoms with Crippen LogP contribution in [-0.4, -0.2) is 33.7 Å². The molecule has 7 nitrogen and oxygen atoms in total. The minimum atomic E-state index is 0.161. The molecule has 7 heteroatoms. The van der Waals surface area contributed by atoms with Crippen molar-refractivity contribution in [1.82, 2.24) is 19.5 Å². The van der Waals surface area contributed by atoms with Crippen molar-refractivity contribution in [2.75, 3.05) is 14.2 Å². The maximum absolute atomic E-state index is 7.74. The monoisotopic (exact) mass is 271 g/mol. The van der Waals surface area contributed by atoms with E-state index >= 15 is 0 Å². The summed E-state index contributed by atoms with van der Waals surface area (Å²) < 4.78 is 12.3. The van der Waals surface area contributed by atoms with Gasteiger partial charge in [0.05, 0.1) is 26.2 Å². The molecular formula is C13H13N5O2. The van der Waals surface area contributed by atoms with E-state index in [4.69, 9.17) is 14.9 Å². The third-order valence-electron chi connectivity index (χ3n) is 3.03. The van der Waals surface area contributed by atoms with E-state index in [0.29, 0.717) is 22.7 Å². The number of benzene rings is 1. The quantitative estimate of drug-likeness (QED) is 0.750. The number of H-pyrrole nitrogens is 1. The van der Waals surface area contributed by atoms with Crippen molar-refractivity contribution >= 4 is 11.2 Å². The lowest BCUT2D eigenvalue weighted by Crippen LogP contribution is -2.11. The maximum atomic E-state index is 7.74. The van der Waals surface area contributed by atoms with Crippen LogP contribution in [0.5, 0.6) is 11.5 Å². The van der Waals surface area contributed by atoms with Crippen molar-refractivity contribution in [3.63, 3.8) is 0 Å². The van der Waals surface area contributed by atoms with Crippen LogP contribution < -0.4 is 15.0 Å². The zero-order valence-corrected chi connectivity index (χ0v) is 11.0. The van der Waals surface area contributed by atoms with Gasteiger partial charge in [0.1, 0.15) is 11.8 Å². The highest BCUT2D eigenvalue weighted by molar-refractivity contribution is 5.71. The molecule has 0 spiro atoms. The van der Waals surface area contributed by atoms with Gasteiger partial charge in [0, 0.05) is 6.07 Å². The molecule has 2 N–H and O–H groups in total. The minimum absolute atomic E-state index is 0.161. The molecular weight excluding hydrogens is 258 g/mol. The second-order valence-corrected chi connectivity index (χ2v) is 4.10. The molecule has 0 atom stereocenters. The van der Waals surface area contributed by atoms with Gasteiger partial charge in [-0.25, -0.2) is 9.97 Å². The Kier molecular flexibility index (Phi) is 2.86. The summed E-state index contributed by atoms with van der Waals surface area (Å²) in [6, 6.07) is 5.52. The lowest BCUT2D eigenvalue weighted by Gasteiger charge is -2.11. The summed E-state index contributed by atoms with van der Waals surface area (Å²) in [4.78, 5) is 11.2. The Hall–Kier alpha value is -2.83. The fraction of sp³-hybridized carbons (Fsp3) is 0.154. The summed E-state index contributed by atoms with van der Waals surface area (Å²) in [5, 5.41) is 7.74. The van der Waals surface area contributed by atoms with Crippen LogP contribution in [0.3, 0.4) is 0 Å². The van der Waals surface area contributed by atoms with Crippen molar-refractivity contribution in [2.24, 2.45) is 0 Å². The number of ether oxygens (including phenoxy) is 2. The zero-order chi connectivity index (χ0) is 14.1. The lowest BCUT2D eigenvalue weighted by atomic mass is 10.2. The van der Waals surface area contributed by atoms with Gasteiger partial charge in [-0.1, -0.05) is 0 Å². The van der Waals surface area contributed by atoms with Crippen LogP contribution in [-0.2, 0) is 0 Å². The highest BCUT2D eigenvalue weighted by Crippen LogP contribution is 2.29. The standard InChI is InChI=1S/C13H13N5O2/c1-19-9-4-3-8(5-10(9)20-2)18-7-17-12(14)11-13(18)16-6-15-11/h3-7,14H,1-2H3,(H,15,16). The fourth-order valence-corrected chi connectivity index (χ4v) is 2.04. The number of aromatic amines is 1. The number of fused-ring (bicyclic) bond motifs is 1.